The molecule has 22 heavy (non-hydrogen) atoms. The lowest BCUT2D eigenvalue weighted by atomic mass is 10.1. The Morgan fingerprint density at radius 2 is 1.18 bits per heavy atom. The van der Waals surface area contributed by atoms with Crippen LogP contribution in [0.2, 0.25) is 0 Å². The number of carbonyl (C=O) groups excluding carboxylic acids is 2. The molecule has 0 amide bonds. The summed E-state index contributed by atoms with van der Waals surface area (Å²) < 4.78 is 0. The lowest BCUT2D eigenvalue weighted by Crippen LogP contribution is -2.29. The molecular formula is C12H28N6O4. The van der Waals surface area contributed by atoms with Crippen LogP contribution in [-0.2, 0) is 14.4 Å². The van der Waals surface area contributed by atoms with Crippen LogP contribution in [0, 0.1) is 10.8 Å². The molecule has 10 nitrogen and oxygen atoms in total. The van der Waals surface area contributed by atoms with Crippen LogP contribution in [0.5, 0.6) is 0 Å². The molecule has 0 spiro atoms. The summed E-state index contributed by atoms with van der Waals surface area (Å²) in [6, 6.07) is -0.716. The van der Waals surface area contributed by atoms with Crippen LogP contribution in [0.4, 0.5) is 0 Å². The third-order valence-electron chi connectivity index (χ3n) is 1.94. The Morgan fingerprint density at radius 1 is 0.909 bits per heavy atom. The summed E-state index contributed by atoms with van der Waals surface area (Å²) in [5.74, 6) is -0.933. The molecule has 0 aromatic rings. The molecule has 0 unspecified atom stereocenters. The number of unbranched alkanes of at least 4 members (excludes halogenated alkanes) is 2. The lowest BCUT2D eigenvalue weighted by molar-refractivity contribution is -0.138. The minimum atomic E-state index is -0.933. The van der Waals surface area contributed by atoms with Gasteiger partial charge in [-0.15, -0.1) is 0 Å². The molecule has 0 aliphatic carbocycles. The van der Waals surface area contributed by atoms with Crippen molar-refractivity contribution in [2.45, 2.75) is 38.1 Å². The molecule has 0 aliphatic heterocycles. The van der Waals surface area contributed by atoms with Gasteiger partial charge in [0.05, 0.1) is 0 Å². The molecule has 0 rings (SSSR count). The zero-order chi connectivity index (χ0) is 18.2. The second kappa shape index (κ2) is 31.5. The van der Waals surface area contributed by atoms with Crippen LogP contribution in [0.25, 0.3) is 0 Å². The zero-order valence-corrected chi connectivity index (χ0v) is 12.7. The molecule has 0 heterocycles. The van der Waals surface area contributed by atoms with Gasteiger partial charge in [-0.2, -0.15) is 0 Å². The van der Waals surface area contributed by atoms with Crippen LogP contribution < -0.4 is 22.9 Å². The SMILES string of the molecule is N=C=O.N=C=O.NCCCCN.NCCCC[C@H](N)C(=O)O. The number of nitrogens with two attached hydrogens (primary N) is 4. The number of carboxylic acids is 1. The normalized spacial score (nSPS) is 9.09. The van der Waals surface area contributed by atoms with E-state index in [-0.39, 0.29) is 0 Å². The van der Waals surface area contributed by atoms with Crippen molar-refractivity contribution < 1.29 is 19.5 Å². The van der Waals surface area contributed by atoms with E-state index in [0.29, 0.717) is 13.0 Å². The summed E-state index contributed by atoms with van der Waals surface area (Å²) in [5.41, 5.74) is 20.7. The molecule has 1 atom stereocenters. The maximum Gasteiger partial charge on any atom is 0.320 e. The van der Waals surface area contributed by atoms with Gasteiger partial charge in [0.15, 0.2) is 0 Å². The first-order valence-electron chi connectivity index (χ1n) is 6.59. The van der Waals surface area contributed by atoms with Gasteiger partial charge >= 0.3 is 5.97 Å². The van der Waals surface area contributed by atoms with Gasteiger partial charge in [-0.05, 0) is 45.3 Å². The number of carbonyl (C=O) groups is 1. The first-order valence-corrected chi connectivity index (χ1v) is 6.59. The maximum atomic E-state index is 10.1. The molecule has 130 valence electrons. The van der Waals surface area contributed by atoms with Gasteiger partial charge in [-0.1, -0.05) is 6.42 Å². The van der Waals surface area contributed by atoms with E-state index in [1.807, 2.05) is 0 Å². The highest BCUT2D eigenvalue weighted by Gasteiger charge is 2.09. The van der Waals surface area contributed by atoms with Gasteiger partial charge in [0, 0.05) is 0 Å². The van der Waals surface area contributed by atoms with Crippen molar-refractivity contribution in [1.29, 1.82) is 10.8 Å². The molecule has 0 aromatic heterocycles. The minimum absolute atomic E-state index is 0.520. The minimum Gasteiger partial charge on any atom is -0.480 e. The fraction of sp³-hybridized carbons (Fsp3) is 0.750. The van der Waals surface area contributed by atoms with E-state index in [2.05, 4.69) is 0 Å². The van der Waals surface area contributed by atoms with Crippen molar-refractivity contribution in [3.63, 3.8) is 0 Å². The molecule has 0 saturated carbocycles. The van der Waals surface area contributed by atoms with Crippen molar-refractivity contribution in [3.8, 4) is 0 Å². The van der Waals surface area contributed by atoms with Crippen LogP contribution in [0.3, 0.4) is 0 Å². The first-order chi connectivity index (χ1) is 10.4. The van der Waals surface area contributed by atoms with E-state index in [9.17, 15) is 4.79 Å². The fourth-order valence-corrected chi connectivity index (χ4v) is 0.921. The van der Waals surface area contributed by atoms with Gasteiger partial charge in [-0.25, -0.2) is 20.4 Å². The maximum absolute atomic E-state index is 10.1. The Kier molecular flexibility index (Phi) is 40.4. The number of nitrogens with one attached hydrogen (secondary N) is 2. The standard InChI is InChI=1S/C6H14N2O2.C4H12N2.2CHNO/c7-4-2-1-3-5(8)6(9)10;5-3-1-2-4-6;2*2-1-3/h5H,1-4,7-8H2,(H,9,10);1-6H2;2*2H/t5-;;;/m0.../s1. The quantitative estimate of drug-likeness (QED) is 0.166. The van der Waals surface area contributed by atoms with E-state index in [1.54, 1.807) is 0 Å². The summed E-state index contributed by atoms with van der Waals surface area (Å²) in [4.78, 5) is 26.8. The fourth-order valence-electron chi connectivity index (χ4n) is 0.921. The molecule has 0 bridgehead atoms. The summed E-state index contributed by atoms with van der Waals surface area (Å²) in [7, 11) is 0. The molecule has 11 N–H and O–H groups in total. The molecule has 0 aromatic carbocycles. The highest BCUT2D eigenvalue weighted by atomic mass is 16.4. The molecule has 0 aliphatic rings. The Bertz CT molecular complexity index is 273. The number of rotatable bonds is 8. The smallest absolute Gasteiger partial charge is 0.320 e. The average Bonchev–Trinajstić information content (AvgIpc) is 2.47. The van der Waals surface area contributed by atoms with Crippen LogP contribution in [-0.4, -0.2) is 48.9 Å². The lowest BCUT2D eigenvalue weighted by Gasteiger charge is -2.03. The van der Waals surface area contributed by atoms with Gasteiger partial charge in [0.2, 0.25) is 12.2 Å². The third-order valence-corrected chi connectivity index (χ3v) is 1.94. The summed E-state index contributed by atoms with van der Waals surface area (Å²) in [5, 5.41) is 19.1. The molecule has 0 radical (unpaired) electrons. The Morgan fingerprint density at radius 3 is 1.41 bits per heavy atom. The summed E-state index contributed by atoms with van der Waals surface area (Å²) in [6.45, 7) is 2.15. The Hall–Kier alpha value is -1.93. The van der Waals surface area contributed by atoms with Crippen LogP contribution in [0.15, 0.2) is 0 Å². The van der Waals surface area contributed by atoms with Gasteiger partial charge in [0.25, 0.3) is 0 Å². The summed E-state index contributed by atoms with van der Waals surface area (Å²) in [6.07, 6.45) is 5.80. The predicted molar refractivity (Wildman–Crippen MR) is 82.7 cm³/mol. The second-order valence-corrected chi connectivity index (χ2v) is 3.72. The van der Waals surface area contributed by atoms with Crippen molar-refractivity contribution in [2.24, 2.45) is 22.9 Å². The topological polar surface area (TPSA) is 223 Å². The van der Waals surface area contributed by atoms with Gasteiger partial charge in [0.1, 0.15) is 6.04 Å². The summed E-state index contributed by atoms with van der Waals surface area (Å²) >= 11 is 0. The third kappa shape index (κ3) is 51.9. The number of carboxylic acid groups (broad SMARTS) is 1. The number of hydrogen-bond donors (Lipinski definition) is 7. The average molecular weight is 320 g/mol. The molecule has 10 heteroatoms. The van der Waals surface area contributed by atoms with E-state index in [0.717, 1.165) is 50.9 Å². The zero-order valence-electron chi connectivity index (χ0n) is 12.7. The van der Waals surface area contributed by atoms with Crippen LogP contribution in [0.1, 0.15) is 32.1 Å². The Balaban J connectivity index is -0.000000115. The van der Waals surface area contributed by atoms with Crippen LogP contribution >= 0.6 is 0 Å². The van der Waals surface area contributed by atoms with E-state index >= 15 is 0 Å². The van der Waals surface area contributed by atoms with Gasteiger partial charge < -0.3 is 28.0 Å². The van der Waals surface area contributed by atoms with Gasteiger partial charge in [-0.3, -0.25) is 4.79 Å². The highest BCUT2D eigenvalue weighted by molar-refractivity contribution is 5.72. The number of isocyanates is 2. The van der Waals surface area contributed by atoms with E-state index in [1.165, 1.54) is 0 Å². The number of aliphatic carboxylic acids is 1. The monoisotopic (exact) mass is 320 g/mol. The van der Waals surface area contributed by atoms with E-state index in [4.69, 9.17) is 48.4 Å². The van der Waals surface area contributed by atoms with E-state index < -0.39 is 12.0 Å². The van der Waals surface area contributed by atoms with Crippen molar-refractivity contribution in [2.75, 3.05) is 19.6 Å². The van der Waals surface area contributed by atoms with Crippen molar-refractivity contribution in [3.05, 3.63) is 0 Å². The van der Waals surface area contributed by atoms with Crippen molar-refractivity contribution in [1.82, 2.24) is 0 Å². The Labute approximate surface area is 130 Å². The number of hydrogen-bond acceptors (Lipinski definition) is 9. The molecule has 0 saturated heterocycles. The molecular weight excluding hydrogens is 292 g/mol. The molecule has 0 fully saturated rings. The largest absolute Gasteiger partial charge is 0.480 e. The first kappa shape index (κ1) is 28.3. The predicted octanol–water partition coefficient (Wildman–Crippen LogP) is -0.987. The highest BCUT2D eigenvalue weighted by Crippen LogP contribution is 1.96. The second-order valence-electron chi connectivity index (χ2n) is 3.72. The van der Waals surface area contributed by atoms with Crippen molar-refractivity contribution >= 4 is 18.1 Å².